The quantitative estimate of drug-likeness (QED) is 0.904. The fourth-order valence-electron chi connectivity index (χ4n) is 1.63. The number of aromatic carboxylic acids is 1. The van der Waals surface area contributed by atoms with Gasteiger partial charge in [-0.05, 0) is 46.6 Å². The molecule has 0 radical (unpaired) electrons. The van der Waals surface area contributed by atoms with Crippen molar-refractivity contribution in [3.8, 4) is 0 Å². The van der Waals surface area contributed by atoms with Crippen LogP contribution in [-0.4, -0.2) is 11.1 Å². The molecule has 2 rings (SSSR count). The number of benzene rings is 1. The Labute approximate surface area is 113 Å². The minimum absolute atomic E-state index is 0.0220. The Bertz CT molecular complexity index is 577. The normalized spacial score (nSPS) is 10.3. The Kier molecular flexibility index (Phi) is 3.72. The van der Waals surface area contributed by atoms with Gasteiger partial charge in [0.05, 0.1) is 6.26 Å². The monoisotopic (exact) mass is 309 g/mol. The predicted octanol–water partition coefficient (Wildman–Crippen LogP) is 3.66. The van der Waals surface area contributed by atoms with Crippen LogP contribution in [0.4, 0.5) is 5.69 Å². The van der Waals surface area contributed by atoms with E-state index < -0.39 is 5.97 Å². The molecule has 0 unspecified atom stereocenters. The van der Waals surface area contributed by atoms with Crippen molar-refractivity contribution in [3.05, 3.63) is 51.9 Å². The van der Waals surface area contributed by atoms with Crippen molar-refractivity contribution in [2.45, 2.75) is 13.5 Å². The number of anilines is 1. The fraction of sp³-hybridized carbons (Fsp3) is 0.154. The van der Waals surface area contributed by atoms with Gasteiger partial charge in [0.2, 0.25) is 5.76 Å². The molecule has 0 aliphatic heterocycles. The third kappa shape index (κ3) is 2.73. The molecule has 1 aromatic heterocycles. The molecule has 0 saturated carbocycles. The van der Waals surface area contributed by atoms with Crippen LogP contribution in [0, 0.1) is 6.92 Å². The van der Waals surface area contributed by atoms with Gasteiger partial charge >= 0.3 is 5.97 Å². The summed E-state index contributed by atoms with van der Waals surface area (Å²) in [5.41, 5.74) is 2.68. The van der Waals surface area contributed by atoms with Crippen molar-refractivity contribution in [1.29, 1.82) is 0 Å². The lowest BCUT2D eigenvalue weighted by Gasteiger charge is -2.08. The maximum atomic E-state index is 10.9. The highest BCUT2D eigenvalue weighted by atomic mass is 79.9. The minimum atomic E-state index is -1.06. The zero-order valence-corrected chi connectivity index (χ0v) is 11.3. The summed E-state index contributed by atoms with van der Waals surface area (Å²) in [5.74, 6) is -1.08. The number of aryl methyl sites for hydroxylation is 1. The average Bonchev–Trinajstić information content (AvgIpc) is 2.79. The number of hydrogen-bond acceptors (Lipinski definition) is 3. The second kappa shape index (κ2) is 5.27. The SMILES string of the molecule is Cc1ccc(Br)c(NCc2ccoc2C(=O)O)c1. The summed E-state index contributed by atoms with van der Waals surface area (Å²) < 4.78 is 5.86. The number of carboxylic acids is 1. The average molecular weight is 310 g/mol. The molecule has 0 aliphatic rings. The zero-order valence-electron chi connectivity index (χ0n) is 9.74. The van der Waals surface area contributed by atoms with E-state index in [1.807, 2.05) is 25.1 Å². The van der Waals surface area contributed by atoms with Gasteiger partial charge in [-0.25, -0.2) is 4.79 Å². The summed E-state index contributed by atoms with van der Waals surface area (Å²) in [5, 5.41) is 12.1. The lowest BCUT2D eigenvalue weighted by molar-refractivity contribution is 0.0661. The molecule has 0 aliphatic carbocycles. The van der Waals surface area contributed by atoms with Crippen LogP contribution in [-0.2, 0) is 6.54 Å². The van der Waals surface area contributed by atoms with E-state index >= 15 is 0 Å². The van der Waals surface area contributed by atoms with Gasteiger partial charge in [0, 0.05) is 22.3 Å². The van der Waals surface area contributed by atoms with Crippen molar-refractivity contribution >= 4 is 27.6 Å². The van der Waals surface area contributed by atoms with E-state index in [1.54, 1.807) is 6.07 Å². The largest absolute Gasteiger partial charge is 0.475 e. The second-order valence-electron chi connectivity index (χ2n) is 3.92. The van der Waals surface area contributed by atoms with E-state index in [0.29, 0.717) is 12.1 Å². The molecule has 1 aromatic carbocycles. The molecule has 2 aromatic rings. The number of carboxylic acid groups (broad SMARTS) is 1. The van der Waals surface area contributed by atoms with Crippen LogP contribution in [0.2, 0.25) is 0 Å². The maximum absolute atomic E-state index is 10.9. The molecule has 5 heteroatoms. The first kappa shape index (κ1) is 12.7. The van der Waals surface area contributed by atoms with Crippen molar-refractivity contribution in [3.63, 3.8) is 0 Å². The zero-order chi connectivity index (χ0) is 13.1. The van der Waals surface area contributed by atoms with E-state index in [4.69, 9.17) is 9.52 Å². The van der Waals surface area contributed by atoms with Crippen molar-refractivity contribution < 1.29 is 14.3 Å². The molecular weight excluding hydrogens is 298 g/mol. The summed E-state index contributed by atoms with van der Waals surface area (Å²) in [6.45, 7) is 2.40. The van der Waals surface area contributed by atoms with Gasteiger partial charge in [0.15, 0.2) is 0 Å². The summed E-state index contributed by atoms with van der Waals surface area (Å²) in [6.07, 6.45) is 1.38. The molecule has 4 nitrogen and oxygen atoms in total. The Morgan fingerprint density at radius 3 is 2.94 bits per heavy atom. The number of halogens is 1. The summed E-state index contributed by atoms with van der Waals surface area (Å²) in [7, 11) is 0. The first-order valence-corrected chi connectivity index (χ1v) is 6.17. The summed E-state index contributed by atoms with van der Waals surface area (Å²) in [4.78, 5) is 10.9. The number of nitrogens with one attached hydrogen (secondary N) is 1. The highest BCUT2D eigenvalue weighted by Crippen LogP contribution is 2.24. The number of rotatable bonds is 4. The van der Waals surface area contributed by atoms with Crippen molar-refractivity contribution in [1.82, 2.24) is 0 Å². The molecule has 18 heavy (non-hydrogen) atoms. The van der Waals surface area contributed by atoms with E-state index in [2.05, 4.69) is 21.2 Å². The molecule has 0 fully saturated rings. The molecule has 0 saturated heterocycles. The van der Waals surface area contributed by atoms with Gasteiger partial charge in [0.1, 0.15) is 0 Å². The lowest BCUT2D eigenvalue weighted by Crippen LogP contribution is -2.05. The van der Waals surface area contributed by atoms with E-state index in [1.165, 1.54) is 6.26 Å². The number of carbonyl (C=O) groups is 1. The Morgan fingerprint density at radius 2 is 2.22 bits per heavy atom. The summed E-state index contributed by atoms with van der Waals surface area (Å²) in [6, 6.07) is 7.59. The third-order valence-corrected chi connectivity index (χ3v) is 3.22. The van der Waals surface area contributed by atoms with Crippen molar-refractivity contribution in [2.75, 3.05) is 5.32 Å². The predicted molar refractivity (Wildman–Crippen MR) is 71.9 cm³/mol. The second-order valence-corrected chi connectivity index (χ2v) is 4.77. The molecule has 2 N–H and O–H groups in total. The molecule has 0 spiro atoms. The molecular formula is C13H12BrNO3. The standard InChI is InChI=1S/C13H12BrNO3/c1-8-2-3-10(14)11(6-8)15-7-9-4-5-18-12(9)13(16)17/h2-6,15H,7H2,1H3,(H,16,17). The van der Waals surface area contributed by atoms with Crippen LogP contribution in [0.15, 0.2) is 39.4 Å². The molecule has 0 bridgehead atoms. The van der Waals surface area contributed by atoms with Crippen LogP contribution >= 0.6 is 15.9 Å². The Balaban J connectivity index is 2.14. The smallest absolute Gasteiger partial charge is 0.372 e. The molecule has 1 heterocycles. The topological polar surface area (TPSA) is 62.5 Å². The maximum Gasteiger partial charge on any atom is 0.372 e. The van der Waals surface area contributed by atoms with Gasteiger partial charge < -0.3 is 14.8 Å². The van der Waals surface area contributed by atoms with Crippen LogP contribution in [0.25, 0.3) is 0 Å². The highest BCUT2D eigenvalue weighted by Gasteiger charge is 2.13. The summed E-state index contributed by atoms with van der Waals surface area (Å²) >= 11 is 3.44. The van der Waals surface area contributed by atoms with E-state index in [0.717, 1.165) is 15.7 Å². The molecule has 0 amide bonds. The first-order valence-electron chi connectivity index (χ1n) is 5.37. The fourth-order valence-corrected chi connectivity index (χ4v) is 2.01. The highest BCUT2D eigenvalue weighted by molar-refractivity contribution is 9.10. The van der Waals surface area contributed by atoms with E-state index in [9.17, 15) is 4.79 Å². The third-order valence-electron chi connectivity index (χ3n) is 2.53. The van der Waals surface area contributed by atoms with Gasteiger partial charge in [-0.1, -0.05) is 6.07 Å². The van der Waals surface area contributed by atoms with Gasteiger partial charge in [-0.15, -0.1) is 0 Å². The minimum Gasteiger partial charge on any atom is -0.475 e. The van der Waals surface area contributed by atoms with Crippen LogP contribution in [0.1, 0.15) is 21.7 Å². The van der Waals surface area contributed by atoms with Crippen LogP contribution in [0.3, 0.4) is 0 Å². The molecule has 94 valence electrons. The Hall–Kier alpha value is -1.75. The van der Waals surface area contributed by atoms with Crippen LogP contribution < -0.4 is 5.32 Å². The van der Waals surface area contributed by atoms with Gasteiger partial charge in [-0.2, -0.15) is 0 Å². The van der Waals surface area contributed by atoms with Crippen LogP contribution in [0.5, 0.6) is 0 Å². The first-order chi connectivity index (χ1) is 8.58. The number of hydrogen-bond donors (Lipinski definition) is 2. The van der Waals surface area contributed by atoms with Crippen molar-refractivity contribution in [2.24, 2.45) is 0 Å². The number of furan rings is 1. The van der Waals surface area contributed by atoms with Gasteiger partial charge in [0.25, 0.3) is 0 Å². The van der Waals surface area contributed by atoms with Gasteiger partial charge in [-0.3, -0.25) is 0 Å². The lowest BCUT2D eigenvalue weighted by atomic mass is 10.2. The Morgan fingerprint density at radius 1 is 1.44 bits per heavy atom. The molecule has 0 atom stereocenters. The van der Waals surface area contributed by atoms with E-state index in [-0.39, 0.29) is 5.76 Å².